The molecule has 1 saturated heterocycles. The number of piperidine rings is 1. The molecule has 1 saturated carbocycles. The number of benzene rings is 1. The van der Waals surface area contributed by atoms with Crippen molar-refractivity contribution in [3.8, 4) is 0 Å². The summed E-state index contributed by atoms with van der Waals surface area (Å²) >= 11 is 9.32. The summed E-state index contributed by atoms with van der Waals surface area (Å²) in [5.74, 6) is 0.119. The normalized spacial score (nSPS) is 21.1. The Morgan fingerprint density at radius 2 is 1.89 bits per heavy atom. The first-order valence-electron chi connectivity index (χ1n) is 6.34. The quantitative estimate of drug-likeness (QED) is 0.759. The minimum Gasteiger partial charge on any atom is -0.339 e. The Bertz CT molecular complexity index is 489. The zero-order valence-corrected chi connectivity index (χ0v) is 12.4. The predicted octanol–water partition coefficient (Wildman–Crippen LogP) is 4.12. The van der Waals surface area contributed by atoms with Crippen LogP contribution >= 0.6 is 27.5 Å². The maximum absolute atomic E-state index is 12.4. The van der Waals surface area contributed by atoms with Gasteiger partial charge in [0.25, 0.3) is 5.91 Å². The summed E-state index contributed by atoms with van der Waals surface area (Å²) < 4.78 is 0.784. The highest BCUT2D eigenvalue weighted by atomic mass is 79.9. The Balaban J connectivity index is 1.74. The van der Waals surface area contributed by atoms with E-state index in [9.17, 15) is 4.79 Å². The lowest BCUT2D eigenvalue weighted by Gasteiger charge is -2.32. The lowest BCUT2D eigenvalue weighted by atomic mass is 9.93. The molecule has 0 radical (unpaired) electrons. The molecule has 3 rings (SSSR count). The van der Waals surface area contributed by atoms with E-state index in [0.717, 1.165) is 17.6 Å². The van der Waals surface area contributed by atoms with Crippen LogP contribution in [0.25, 0.3) is 0 Å². The Kier molecular flexibility index (Phi) is 3.15. The van der Waals surface area contributed by atoms with Gasteiger partial charge in [-0.3, -0.25) is 4.79 Å². The fourth-order valence-corrected chi connectivity index (χ4v) is 3.55. The van der Waals surface area contributed by atoms with E-state index in [1.807, 2.05) is 4.90 Å². The van der Waals surface area contributed by atoms with Crippen LogP contribution in [0.1, 0.15) is 36.0 Å². The summed E-state index contributed by atoms with van der Waals surface area (Å²) in [7, 11) is 0. The molecule has 2 fully saturated rings. The standard InChI is InChI=1S/C14H15BrClNO/c15-12-9-10(16)1-2-11(12)13(18)17-7-5-14(3-4-14)6-8-17/h1-2,9H,3-8H2. The minimum absolute atomic E-state index is 0.119. The third-order valence-corrected chi connectivity index (χ3v) is 5.12. The number of hydrogen-bond acceptors (Lipinski definition) is 1. The Morgan fingerprint density at radius 3 is 2.44 bits per heavy atom. The van der Waals surface area contributed by atoms with E-state index in [1.54, 1.807) is 18.2 Å². The molecule has 2 aliphatic rings. The van der Waals surface area contributed by atoms with Gasteiger partial charge in [-0.05, 0) is 65.2 Å². The molecule has 0 atom stereocenters. The van der Waals surface area contributed by atoms with E-state index >= 15 is 0 Å². The number of carbonyl (C=O) groups excluding carboxylic acids is 1. The summed E-state index contributed by atoms with van der Waals surface area (Å²) in [5.41, 5.74) is 1.32. The molecule has 0 aromatic heterocycles. The van der Waals surface area contributed by atoms with Gasteiger partial charge in [-0.2, -0.15) is 0 Å². The van der Waals surface area contributed by atoms with Crippen molar-refractivity contribution in [2.45, 2.75) is 25.7 Å². The number of amides is 1. The molecule has 0 bridgehead atoms. The fourth-order valence-electron chi connectivity index (χ4n) is 2.69. The Hall–Kier alpha value is -0.540. The maximum Gasteiger partial charge on any atom is 0.254 e. The molecule has 0 unspecified atom stereocenters. The van der Waals surface area contributed by atoms with E-state index in [4.69, 9.17) is 11.6 Å². The highest BCUT2D eigenvalue weighted by molar-refractivity contribution is 9.10. The first-order valence-corrected chi connectivity index (χ1v) is 7.51. The van der Waals surface area contributed by atoms with E-state index in [-0.39, 0.29) is 5.91 Å². The molecule has 1 amide bonds. The predicted molar refractivity (Wildman–Crippen MR) is 76.0 cm³/mol. The van der Waals surface area contributed by atoms with Crippen LogP contribution in [0, 0.1) is 5.41 Å². The zero-order chi connectivity index (χ0) is 12.8. The first-order chi connectivity index (χ1) is 8.60. The van der Waals surface area contributed by atoms with Gasteiger partial charge in [-0.1, -0.05) is 11.6 Å². The average molecular weight is 329 g/mol. The zero-order valence-electron chi connectivity index (χ0n) is 10.1. The molecule has 1 aliphatic heterocycles. The van der Waals surface area contributed by atoms with Crippen LogP contribution in [0.4, 0.5) is 0 Å². The van der Waals surface area contributed by atoms with Crippen molar-refractivity contribution in [1.82, 2.24) is 4.90 Å². The van der Waals surface area contributed by atoms with Gasteiger partial charge in [0.15, 0.2) is 0 Å². The van der Waals surface area contributed by atoms with Gasteiger partial charge < -0.3 is 4.90 Å². The Labute approximate surface area is 120 Å². The summed E-state index contributed by atoms with van der Waals surface area (Å²) in [6.07, 6.45) is 5.06. The number of rotatable bonds is 1. The second kappa shape index (κ2) is 4.53. The summed E-state index contributed by atoms with van der Waals surface area (Å²) in [6.45, 7) is 1.79. The summed E-state index contributed by atoms with van der Waals surface area (Å²) in [4.78, 5) is 14.4. The third-order valence-electron chi connectivity index (χ3n) is 4.23. The van der Waals surface area contributed by atoms with Gasteiger partial charge in [0, 0.05) is 22.6 Å². The van der Waals surface area contributed by atoms with Gasteiger partial charge in [0.05, 0.1) is 5.56 Å². The monoisotopic (exact) mass is 327 g/mol. The molecule has 4 heteroatoms. The SMILES string of the molecule is O=C(c1ccc(Cl)cc1Br)N1CCC2(CC1)CC2. The van der Waals surface area contributed by atoms with Crippen LogP contribution in [-0.4, -0.2) is 23.9 Å². The minimum atomic E-state index is 0.119. The van der Waals surface area contributed by atoms with Gasteiger partial charge >= 0.3 is 0 Å². The molecule has 0 N–H and O–H groups in total. The second-order valence-electron chi connectivity index (χ2n) is 5.42. The molecule has 2 nitrogen and oxygen atoms in total. The second-order valence-corrected chi connectivity index (χ2v) is 6.71. The van der Waals surface area contributed by atoms with E-state index in [2.05, 4.69) is 15.9 Å². The van der Waals surface area contributed by atoms with Crippen LogP contribution in [0.5, 0.6) is 0 Å². The van der Waals surface area contributed by atoms with Crippen molar-refractivity contribution in [3.05, 3.63) is 33.3 Å². The molecule has 1 heterocycles. The lowest BCUT2D eigenvalue weighted by Crippen LogP contribution is -2.39. The molecular formula is C14H15BrClNO. The number of carbonyl (C=O) groups is 1. The van der Waals surface area contributed by atoms with Crippen molar-refractivity contribution < 1.29 is 4.79 Å². The van der Waals surface area contributed by atoms with Crippen LogP contribution in [0.15, 0.2) is 22.7 Å². The van der Waals surface area contributed by atoms with Gasteiger partial charge in [-0.25, -0.2) is 0 Å². The molecule has 18 heavy (non-hydrogen) atoms. The van der Waals surface area contributed by atoms with Gasteiger partial charge in [0.1, 0.15) is 0 Å². The third kappa shape index (κ3) is 2.30. The first kappa shape index (κ1) is 12.5. The largest absolute Gasteiger partial charge is 0.339 e. The number of halogens is 2. The fraction of sp³-hybridized carbons (Fsp3) is 0.500. The smallest absolute Gasteiger partial charge is 0.254 e. The lowest BCUT2D eigenvalue weighted by molar-refractivity contribution is 0.0677. The van der Waals surface area contributed by atoms with Crippen molar-refractivity contribution in [3.63, 3.8) is 0 Å². The molecular weight excluding hydrogens is 314 g/mol. The van der Waals surface area contributed by atoms with Crippen LogP contribution in [-0.2, 0) is 0 Å². The molecule has 96 valence electrons. The van der Waals surface area contributed by atoms with E-state index in [0.29, 0.717) is 16.0 Å². The number of hydrogen-bond donors (Lipinski definition) is 0. The highest BCUT2D eigenvalue weighted by Gasteiger charge is 2.45. The van der Waals surface area contributed by atoms with Crippen LogP contribution in [0.3, 0.4) is 0 Å². The summed E-state index contributed by atoms with van der Waals surface area (Å²) in [6, 6.07) is 5.35. The van der Waals surface area contributed by atoms with Crippen molar-refractivity contribution in [1.29, 1.82) is 0 Å². The Morgan fingerprint density at radius 1 is 1.22 bits per heavy atom. The van der Waals surface area contributed by atoms with Crippen molar-refractivity contribution in [2.75, 3.05) is 13.1 Å². The molecule has 1 spiro atoms. The molecule has 1 aliphatic carbocycles. The number of likely N-dealkylation sites (tertiary alicyclic amines) is 1. The summed E-state index contributed by atoms with van der Waals surface area (Å²) in [5, 5.41) is 0.647. The highest BCUT2D eigenvalue weighted by Crippen LogP contribution is 2.53. The maximum atomic E-state index is 12.4. The van der Waals surface area contributed by atoms with Crippen LogP contribution < -0.4 is 0 Å². The van der Waals surface area contributed by atoms with Crippen molar-refractivity contribution >= 4 is 33.4 Å². The molecule has 1 aromatic carbocycles. The van der Waals surface area contributed by atoms with E-state index < -0.39 is 0 Å². The number of nitrogens with zero attached hydrogens (tertiary/aromatic N) is 1. The topological polar surface area (TPSA) is 20.3 Å². The van der Waals surface area contributed by atoms with Gasteiger partial charge in [-0.15, -0.1) is 0 Å². The van der Waals surface area contributed by atoms with E-state index in [1.165, 1.54) is 25.7 Å². The molecule has 1 aromatic rings. The van der Waals surface area contributed by atoms with Crippen molar-refractivity contribution in [2.24, 2.45) is 5.41 Å². The average Bonchev–Trinajstić information content (AvgIpc) is 3.09. The van der Waals surface area contributed by atoms with Crippen LogP contribution in [0.2, 0.25) is 5.02 Å². The van der Waals surface area contributed by atoms with Gasteiger partial charge in [0.2, 0.25) is 0 Å².